The van der Waals surface area contributed by atoms with Crippen LogP contribution in [0.4, 0.5) is 4.79 Å². The molecule has 2 aromatic carbocycles. The van der Waals surface area contributed by atoms with E-state index >= 15 is 0 Å². The number of amides is 2. The van der Waals surface area contributed by atoms with Crippen molar-refractivity contribution in [2.75, 3.05) is 14.2 Å². The molecule has 3 rings (SSSR count). The first-order chi connectivity index (χ1) is 12.9. The van der Waals surface area contributed by atoms with Crippen molar-refractivity contribution in [1.82, 2.24) is 4.90 Å². The van der Waals surface area contributed by atoms with Crippen molar-refractivity contribution in [1.29, 1.82) is 0 Å². The number of rotatable bonds is 5. The Kier molecular flexibility index (Phi) is 6.33. The highest BCUT2D eigenvalue weighted by molar-refractivity contribution is 14.1. The van der Waals surface area contributed by atoms with Crippen molar-refractivity contribution < 1.29 is 19.1 Å². The van der Waals surface area contributed by atoms with E-state index in [-0.39, 0.29) is 11.1 Å². The molecule has 0 aliphatic carbocycles. The van der Waals surface area contributed by atoms with Crippen LogP contribution in [0.25, 0.3) is 6.08 Å². The largest absolute Gasteiger partial charge is 0.493 e. The highest BCUT2D eigenvalue weighted by Crippen LogP contribution is 2.37. The fourth-order valence-electron chi connectivity index (χ4n) is 2.43. The summed E-state index contributed by atoms with van der Waals surface area (Å²) in [5, 5.41) is 0.353. The number of carbonyl (C=O) groups excluding carboxylic acids is 2. The van der Waals surface area contributed by atoms with E-state index in [0.29, 0.717) is 28.0 Å². The molecule has 1 aliphatic heterocycles. The number of hydrogen-bond acceptors (Lipinski definition) is 5. The first kappa shape index (κ1) is 20.0. The molecule has 0 radical (unpaired) electrons. The van der Waals surface area contributed by atoms with Crippen LogP contribution in [0.2, 0.25) is 5.02 Å². The Balaban J connectivity index is 1.87. The zero-order valence-corrected chi connectivity index (χ0v) is 18.2. The van der Waals surface area contributed by atoms with Gasteiger partial charge in [0.1, 0.15) is 6.61 Å². The first-order valence-corrected chi connectivity index (χ1v) is 10.1. The summed E-state index contributed by atoms with van der Waals surface area (Å²) in [5.74, 6) is 0.827. The fraction of sp³-hybridized carbons (Fsp3) is 0.158. The van der Waals surface area contributed by atoms with Gasteiger partial charge in [0.15, 0.2) is 11.5 Å². The summed E-state index contributed by atoms with van der Waals surface area (Å²) in [6.07, 6.45) is 1.68. The molecule has 0 unspecified atom stereocenters. The van der Waals surface area contributed by atoms with Gasteiger partial charge in [-0.05, 0) is 64.2 Å². The van der Waals surface area contributed by atoms with Crippen molar-refractivity contribution >= 4 is 63.2 Å². The number of methoxy groups -OCH3 is 1. The zero-order chi connectivity index (χ0) is 19.6. The van der Waals surface area contributed by atoms with Crippen molar-refractivity contribution in [3.8, 4) is 11.5 Å². The number of carbonyl (C=O) groups is 2. The maximum Gasteiger partial charge on any atom is 0.293 e. The third-order valence-corrected chi connectivity index (χ3v) is 6.00. The minimum Gasteiger partial charge on any atom is -0.493 e. The van der Waals surface area contributed by atoms with E-state index in [2.05, 4.69) is 22.6 Å². The minimum absolute atomic E-state index is 0.285. The molecule has 1 heterocycles. The van der Waals surface area contributed by atoms with Crippen LogP contribution in [-0.4, -0.2) is 30.2 Å². The Bertz CT molecular complexity index is 947. The molecular weight excluding hydrogens is 501 g/mol. The van der Waals surface area contributed by atoms with Crippen LogP contribution in [0, 0.1) is 3.57 Å². The molecule has 5 nitrogen and oxygen atoms in total. The molecule has 140 valence electrons. The monoisotopic (exact) mass is 515 g/mol. The smallest absolute Gasteiger partial charge is 0.293 e. The van der Waals surface area contributed by atoms with Gasteiger partial charge in [-0.3, -0.25) is 14.5 Å². The zero-order valence-electron chi connectivity index (χ0n) is 14.5. The number of thioether (sulfide) groups is 1. The summed E-state index contributed by atoms with van der Waals surface area (Å²) >= 11 is 9.24. The standard InChI is InChI=1S/C19H15ClINO4S/c1-22-18(23)16(27-19(22)24)9-11-7-14(21)17(15(8-11)25-2)26-10-12-5-3-4-6-13(12)20/h3-9H,10H2,1-2H3/b16-9-. The Morgan fingerprint density at radius 1 is 1.26 bits per heavy atom. The molecule has 0 N–H and O–H groups in total. The number of benzene rings is 2. The number of halogens is 2. The lowest BCUT2D eigenvalue weighted by Gasteiger charge is -2.14. The van der Waals surface area contributed by atoms with E-state index in [1.807, 2.05) is 30.3 Å². The van der Waals surface area contributed by atoms with Crippen molar-refractivity contribution in [3.63, 3.8) is 0 Å². The molecule has 8 heteroatoms. The molecule has 2 aromatic rings. The SMILES string of the molecule is COc1cc(/C=C2\SC(=O)N(C)C2=O)cc(I)c1OCc1ccccc1Cl. The number of hydrogen-bond donors (Lipinski definition) is 0. The Labute approximate surface area is 179 Å². The minimum atomic E-state index is -0.307. The summed E-state index contributed by atoms with van der Waals surface area (Å²) < 4.78 is 12.2. The summed E-state index contributed by atoms with van der Waals surface area (Å²) in [6, 6.07) is 11.1. The number of imide groups is 1. The number of nitrogens with zero attached hydrogens (tertiary/aromatic N) is 1. The number of ether oxygens (including phenoxy) is 2. The average molecular weight is 516 g/mol. The molecule has 1 aliphatic rings. The molecular formula is C19H15ClINO4S. The van der Waals surface area contributed by atoms with Gasteiger partial charge in [-0.1, -0.05) is 29.8 Å². The number of likely N-dealkylation sites (N-methyl/N-ethyl adjacent to an activating group) is 1. The van der Waals surface area contributed by atoms with Crippen LogP contribution in [0.15, 0.2) is 41.3 Å². The lowest BCUT2D eigenvalue weighted by atomic mass is 10.1. The quantitative estimate of drug-likeness (QED) is 0.405. The molecule has 1 saturated heterocycles. The average Bonchev–Trinajstić information content (AvgIpc) is 2.88. The maximum atomic E-state index is 12.1. The normalized spacial score (nSPS) is 15.6. The molecule has 0 aromatic heterocycles. The Morgan fingerprint density at radius 3 is 2.63 bits per heavy atom. The molecule has 0 spiro atoms. The van der Waals surface area contributed by atoms with Crippen LogP contribution >= 0.6 is 46.0 Å². The maximum absolute atomic E-state index is 12.1. The second-order valence-corrected chi connectivity index (χ2v) is 8.22. The highest BCUT2D eigenvalue weighted by Gasteiger charge is 2.31. The molecule has 2 amide bonds. The highest BCUT2D eigenvalue weighted by atomic mass is 127. The lowest BCUT2D eigenvalue weighted by molar-refractivity contribution is -0.121. The van der Waals surface area contributed by atoms with Gasteiger partial charge in [0, 0.05) is 17.6 Å². The van der Waals surface area contributed by atoms with Gasteiger partial charge in [0.05, 0.1) is 15.6 Å². The van der Waals surface area contributed by atoms with E-state index in [4.69, 9.17) is 21.1 Å². The van der Waals surface area contributed by atoms with Crippen LogP contribution in [0.3, 0.4) is 0 Å². The summed E-state index contributed by atoms with van der Waals surface area (Å²) in [6.45, 7) is 0.306. The van der Waals surface area contributed by atoms with Gasteiger partial charge in [0.2, 0.25) is 0 Å². The third kappa shape index (κ3) is 4.41. The summed E-state index contributed by atoms with van der Waals surface area (Å²) in [4.78, 5) is 25.2. The topological polar surface area (TPSA) is 55.8 Å². The van der Waals surface area contributed by atoms with Crippen molar-refractivity contribution in [3.05, 3.63) is 61.0 Å². The van der Waals surface area contributed by atoms with E-state index in [1.54, 1.807) is 19.3 Å². The molecule has 0 saturated carbocycles. The Morgan fingerprint density at radius 2 is 2.00 bits per heavy atom. The van der Waals surface area contributed by atoms with Gasteiger partial charge in [-0.25, -0.2) is 0 Å². The summed E-state index contributed by atoms with van der Waals surface area (Å²) in [7, 11) is 3.02. The van der Waals surface area contributed by atoms with Crippen molar-refractivity contribution in [2.45, 2.75) is 6.61 Å². The van der Waals surface area contributed by atoms with E-state index in [0.717, 1.165) is 31.4 Å². The molecule has 0 atom stereocenters. The Hall–Kier alpha value is -1.71. The predicted molar refractivity (Wildman–Crippen MR) is 115 cm³/mol. The van der Waals surface area contributed by atoms with Crippen LogP contribution in [0.5, 0.6) is 11.5 Å². The van der Waals surface area contributed by atoms with Gasteiger partial charge in [-0.15, -0.1) is 0 Å². The van der Waals surface area contributed by atoms with E-state index < -0.39 is 0 Å². The van der Waals surface area contributed by atoms with Gasteiger partial charge < -0.3 is 9.47 Å². The van der Waals surface area contributed by atoms with Crippen LogP contribution < -0.4 is 9.47 Å². The second kappa shape index (κ2) is 8.53. The van der Waals surface area contributed by atoms with Crippen molar-refractivity contribution in [2.24, 2.45) is 0 Å². The summed E-state index contributed by atoms with van der Waals surface area (Å²) in [5.41, 5.74) is 1.62. The van der Waals surface area contributed by atoms with Gasteiger partial charge in [0.25, 0.3) is 11.1 Å². The van der Waals surface area contributed by atoms with Gasteiger partial charge in [-0.2, -0.15) is 0 Å². The fourth-order valence-corrected chi connectivity index (χ4v) is 4.22. The van der Waals surface area contributed by atoms with Gasteiger partial charge >= 0.3 is 0 Å². The van der Waals surface area contributed by atoms with Crippen LogP contribution in [0.1, 0.15) is 11.1 Å². The van der Waals surface area contributed by atoms with Crippen LogP contribution in [-0.2, 0) is 11.4 Å². The molecule has 27 heavy (non-hydrogen) atoms. The second-order valence-electron chi connectivity index (χ2n) is 5.65. The predicted octanol–water partition coefficient (Wildman–Crippen LogP) is 5.20. The molecule has 1 fully saturated rings. The van der Waals surface area contributed by atoms with E-state index in [9.17, 15) is 9.59 Å². The first-order valence-electron chi connectivity index (χ1n) is 7.86. The van der Waals surface area contributed by atoms with E-state index in [1.165, 1.54) is 7.05 Å². The molecule has 0 bridgehead atoms. The lowest BCUT2D eigenvalue weighted by Crippen LogP contribution is -2.22. The third-order valence-electron chi connectivity index (χ3n) is 3.87.